The fraction of sp³-hybridized carbons (Fsp3) is 0.417. The summed E-state index contributed by atoms with van der Waals surface area (Å²) in [7, 11) is 1.24. The van der Waals surface area contributed by atoms with Gasteiger partial charge in [0.1, 0.15) is 5.75 Å². The molecule has 0 bridgehead atoms. The van der Waals surface area contributed by atoms with Gasteiger partial charge < -0.3 is 9.47 Å². The Labute approximate surface area is 103 Å². The highest BCUT2D eigenvalue weighted by molar-refractivity contribution is 5.78. The van der Waals surface area contributed by atoms with E-state index in [4.69, 9.17) is 0 Å². The molecule has 0 aromatic heterocycles. The highest BCUT2D eigenvalue weighted by Gasteiger charge is 2.31. The summed E-state index contributed by atoms with van der Waals surface area (Å²) in [6, 6.07) is 5.34. The third-order valence-corrected chi connectivity index (χ3v) is 2.39. The van der Waals surface area contributed by atoms with Gasteiger partial charge in [-0.25, -0.2) is 0 Å². The summed E-state index contributed by atoms with van der Waals surface area (Å²) in [5.41, 5.74) is 0.436. The van der Waals surface area contributed by atoms with Crippen LogP contribution in [0.1, 0.15) is 24.8 Å². The van der Waals surface area contributed by atoms with E-state index in [0.717, 1.165) is 0 Å². The number of hydrogen-bond donors (Lipinski definition) is 0. The second-order valence-electron chi connectivity index (χ2n) is 3.60. The van der Waals surface area contributed by atoms with Crippen LogP contribution in [-0.4, -0.2) is 19.4 Å². The molecule has 6 heteroatoms. The fourth-order valence-corrected chi connectivity index (χ4v) is 1.61. The molecule has 0 fully saturated rings. The Bertz CT molecular complexity index is 415. The van der Waals surface area contributed by atoms with Gasteiger partial charge in [-0.05, 0) is 24.1 Å². The van der Waals surface area contributed by atoms with Crippen LogP contribution in [0.3, 0.4) is 0 Å². The van der Waals surface area contributed by atoms with Crippen molar-refractivity contribution < 1.29 is 27.4 Å². The van der Waals surface area contributed by atoms with E-state index in [9.17, 15) is 18.0 Å². The quantitative estimate of drug-likeness (QED) is 0.781. The lowest BCUT2D eigenvalue weighted by Crippen LogP contribution is -2.18. The van der Waals surface area contributed by atoms with Crippen molar-refractivity contribution in [3.05, 3.63) is 29.8 Å². The van der Waals surface area contributed by atoms with Gasteiger partial charge in [0.25, 0.3) is 0 Å². The van der Waals surface area contributed by atoms with E-state index in [1.165, 1.54) is 25.3 Å². The van der Waals surface area contributed by atoms with E-state index < -0.39 is 18.2 Å². The van der Waals surface area contributed by atoms with Crippen molar-refractivity contribution in [3.8, 4) is 5.75 Å². The minimum Gasteiger partial charge on any atom is -0.469 e. The average molecular weight is 262 g/mol. The summed E-state index contributed by atoms with van der Waals surface area (Å²) in [4.78, 5) is 11.5. The first kappa shape index (κ1) is 14.3. The number of esters is 1. The van der Waals surface area contributed by atoms with Crippen molar-refractivity contribution in [1.82, 2.24) is 0 Å². The molecule has 0 spiro atoms. The van der Waals surface area contributed by atoms with E-state index in [-0.39, 0.29) is 5.75 Å². The molecule has 0 N–H and O–H groups in total. The highest BCUT2D eigenvalue weighted by atomic mass is 19.4. The number of benzene rings is 1. The van der Waals surface area contributed by atoms with Gasteiger partial charge in [-0.2, -0.15) is 0 Å². The Balaban J connectivity index is 2.96. The third-order valence-electron chi connectivity index (χ3n) is 2.39. The third kappa shape index (κ3) is 3.94. The van der Waals surface area contributed by atoms with Crippen molar-refractivity contribution in [3.63, 3.8) is 0 Å². The van der Waals surface area contributed by atoms with E-state index >= 15 is 0 Å². The van der Waals surface area contributed by atoms with E-state index in [0.29, 0.717) is 12.0 Å². The normalized spacial score (nSPS) is 12.9. The maximum atomic E-state index is 12.1. The lowest BCUT2D eigenvalue weighted by atomic mass is 9.96. The Morgan fingerprint density at radius 2 is 2.06 bits per heavy atom. The average Bonchev–Trinajstić information content (AvgIpc) is 2.28. The zero-order chi connectivity index (χ0) is 13.8. The number of carbonyl (C=O) groups excluding carboxylic acids is 1. The van der Waals surface area contributed by atoms with E-state index in [1.807, 2.05) is 0 Å². The molecule has 0 amide bonds. The van der Waals surface area contributed by atoms with Crippen LogP contribution in [0.5, 0.6) is 5.75 Å². The minimum atomic E-state index is -4.74. The molecular formula is C12H13F3O3. The van der Waals surface area contributed by atoms with Crippen LogP contribution in [0.15, 0.2) is 24.3 Å². The second kappa shape index (κ2) is 5.75. The van der Waals surface area contributed by atoms with Gasteiger partial charge in [-0.3, -0.25) is 4.79 Å². The topological polar surface area (TPSA) is 35.5 Å². The number of methoxy groups -OCH3 is 1. The Morgan fingerprint density at radius 1 is 1.39 bits per heavy atom. The van der Waals surface area contributed by atoms with E-state index in [1.54, 1.807) is 13.0 Å². The summed E-state index contributed by atoms with van der Waals surface area (Å²) in [6.07, 6.45) is -4.31. The molecule has 1 atom stereocenters. The van der Waals surface area contributed by atoms with Crippen LogP contribution in [0.4, 0.5) is 13.2 Å². The maximum Gasteiger partial charge on any atom is 0.573 e. The zero-order valence-electron chi connectivity index (χ0n) is 9.95. The van der Waals surface area contributed by atoms with Gasteiger partial charge >= 0.3 is 12.3 Å². The Morgan fingerprint density at radius 3 is 2.56 bits per heavy atom. The molecule has 0 heterocycles. The second-order valence-corrected chi connectivity index (χ2v) is 3.60. The molecule has 1 rings (SSSR count). The van der Waals surface area contributed by atoms with Crippen LogP contribution in [-0.2, 0) is 9.53 Å². The van der Waals surface area contributed by atoms with Crippen molar-refractivity contribution in [2.24, 2.45) is 0 Å². The molecule has 0 radical (unpaired) electrons. The largest absolute Gasteiger partial charge is 0.573 e. The first-order valence-corrected chi connectivity index (χ1v) is 5.31. The molecule has 3 nitrogen and oxygen atoms in total. The van der Waals surface area contributed by atoms with Crippen LogP contribution in [0.2, 0.25) is 0 Å². The summed E-state index contributed by atoms with van der Waals surface area (Å²) in [5.74, 6) is -1.42. The zero-order valence-corrected chi connectivity index (χ0v) is 9.95. The number of halogens is 3. The number of ether oxygens (including phenoxy) is 2. The van der Waals surface area contributed by atoms with E-state index in [2.05, 4.69) is 9.47 Å². The van der Waals surface area contributed by atoms with Gasteiger partial charge in [0.2, 0.25) is 0 Å². The molecule has 0 saturated carbocycles. The van der Waals surface area contributed by atoms with Gasteiger partial charge in [0.15, 0.2) is 0 Å². The summed E-state index contributed by atoms with van der Waals surface area (Å²) >= 11 is 0. The number of hydrogen-bond acceptors (Lipinski definition) is 3. The van der Waals surface area contributed by atoms with Gasteiger partial charge in [0.05, 0.1) is 13.0 Å². The number of alkyl halides is 3. The Kier molecular flexibility index (Phi) is 4.58. The standard InChI is InChI=1S/C12H13F3O3/c1-3-10(11(16)17-2)8-5-4-6-9(7-8)18-12(13,14)15/h4-7,10H,3H2,1-2H3. The lowest BCUT2D eigenvalue weighted by molar-refractivity contribution is -0.274. The highest BCUT2D eigenvalue weighted by Crippen LogP contribution is 2.28. The van der Waals surface area contributed by atoms with Gasteiger partial charge in [-0.1, -0.05) is 19.1 Å². The van der Waals surface area contributed by atoms with Gasteiger partial charge in [-0.15, -0.1) is 13.2 Å². The number of carbonyl (C=O) groups is 1. The molecule has 100 valence electrons. The molecule has 1 unspecified atom stereocenters. The fourth-order valence-electron chi connectivity index (χ4n) is 1.61. The van der Waals surface area contributed by atoms with Crippen LogP contribution in [0, 0.1) is 0 Å². The summed E-state index contributed by atoms with van der Waals surface area (Å²) < 4.78 is 44.6. The van der Waals surface area contributed by atoms with Crippen LogP contribution in [0.25, 0.3) is 0 Å². The smallest absolute Gasteiger partial charge is 0.469 e. The molecular weight excluding hydrogens is 249 g/mol. The van der Waals surface area contributed by atoms with Crippen LogP contribution < -0.4 is 4.74 Å². The molecule has 0 aliphatic rings. The molecule has 1 aromatic rings. The Hall–Kier alpha value is -1.72. The number of rotatable bonds is 4. The molecule has 18 heavy (non-hydrogen) atoms. The maximum absolute atomic E-state index is 12.1. The molecule has 1 aromatic carbocycles. The van der Waals surface area contributed by atoms with Crippen molar-refractivity contribution in [2.45, 2.75) is 25.6 Å². The molecule has 0 aliphatic heterocycles. The monoisotopic (exact) mass is 262 g/mol. The molecule has 0 saturated heterocycles. The van der Waals surface area contributed by atoms with Crippen molar-refractivity contribution in [2.75, 3.05) is 7.11 Å². The summed E-state index contributed by atoms with van der Waals surface area (Å²) in [5, 5.41) is 0. The minimum absolute atomic E-state index is 0.345. The predicted molar refractivity (Wildman–Crippen MR) is 58.2 cm³/mol. The molecule has 0 aliphatic carbocycles. The lowest BCUT2D eigenvalue weighted by Gasteiger charge is -2.14. The summed E-state index contributed by atoms with van der Waals surface area (Å²) in [6.45, 7) is 1.75. The van der Waals surface area contributed by atoms with Gasteiger partial charge in [0, 0.05) is 0 Å². The SMILES string of the molecule is CCC(C(=O)OC)c1cccc(OC(F)(F)F)c1. The van der Waals surface area contributed by atoms with Crippen molar-refractivity contribution >= 4 is 5.97 Å². The van der Waals surface area contributed by atoms with Crippen LogP contribution >= 0.6 is 0 Å². The predicted octanol–water partition coefficient (Wildman–Crippen LogP) is 3.25. The first-order chi connectivity index (χ1) is 8.37. The van der Waals surface area contributed by atoms with Crippen molar-refractivity contribution in [1.29, 1.82) is 0 Å². The first-order valence-electron chi connectivity index (χ1n) is 5.31.